The molecule has 0 radical (unpaired) electrons. The number of methoxy groups -OCH3 is 1. The van der Waals surface area contributed by atoms with Crippen LogP contribution < -0.4 is 10.1 Å². The van der Waals surface area contributed by atoms with Gasteiger partial charge in [0.2, 0.25) is 11.8 Å². The fourth-order valence-corrected chi connectivity index (χ4v) is 2.57. The van der Waals surface area contributed by atoms with Crippen molar-refractivity contribution in [2.45, 2.75) is 13.0 Å². The highest BCUT2D eigenvalue weighted by Gasteiger charge is 2.12. The van der Waals surface area contributed by atoms with Crippen LogP contribution in [0, 0.1) is 0 Å². The van der Waals surface area contributed by atoms with E-state index in [1.807, 2.05) is 16.0 Å². The van der Waals surface area contributed by atoms with Crippen LogP contribution in [0.1, 0.15) is 11.6 Å². The number of nitrogens with one attached hydrogen (secondary N) is 1. The Kier molecular flexibility index (Phi) is 3.43. The van der Waals surface area contributed by atoms with Crippen LogP contribution in [-0.2, 0) is 13.0 Å². The Morgan fingerprint density at radius 2 is 2.47 bits per heavy atom. The van der Waals surface area contributed by atoms with Gasteiger partial charge in [-0.3, -0.25) is 4.40 Å². The second-order valence-corrected chi connectivity index (χ2v) is 4.76. The maximum Gasteiger partial charge on any atom is 0.237 e. The van der Waals surface area contributed by atoms with Gasteiger partial charge in [-0.05, 0) is 0 Å². The summed E-state index contributed by atoms with van der Waals surface area (Å²) in [5.74, 6) is 1.30. The van der Waals surface area contributed by atoms with Crippen molar-refractivity contribution >= 4 is 16.3 Å². The average molecular weight is 279 g/mol. The summed E-state index contributed by atoms with van der Waals surface area (Å²) in [5.41, 5.74) is 1.02. The minimum atomic E-state index is 0.633. The van der Waals surface area contributed by atoms with Gasteiger partial charge in [-0.1, -0.05) is 5.16 Å². The molecule has 0 saturated heterocycles. The van der Waals surface area contributed by atoms with Crippen LogP contribution in [0.25, 0.3) is 4.96 Å². The van der Waals surface area contributed by atoms with Gasteiger partial charge in [-0.2, -0.15) is 9.97 Å². The van der Waals surface area contributed by atoms with Gasteiger partial charge in [0, 0.05) is 31.1 Å². The molecular weight excluding hydrogens is 266 g/mol. The highest BCUT2D eigenvalue weighted by Crippen LogP contribution is 2.22. The van der Waals surface area contributed by atoms with Gasteiger partial charge in [0.25, 0.3) is 0 Å². The number of aromatic nitrogens is 4. The van der Waals surface area contributed by atoms with Crippen LogP contribution in [0.2, 0.25) is 0 Å². The van der Waals surface area contributed by atoms with Crippen LogP contribution in [0.4, 0.5) is 0 Å². The second-order valence-electron chi connectivity index (χ2n) is 3.89. The summed E-state index contributed by atoms with van der Waals surface area (Å²) in [4.78, 5) is 9.30. The molecule has 3 heterocycles. The molecule has 0 spiro atoms. The highest BCUT2D eigenvalue weighted by atomic mass is 32.1. The molecule has 0 fully saturated rings. The Morgan fingerprint density at radius 1 is 1.53 bits per heavy atom. The summed E-state index contributed by atoms with van der Waals surface area (Å²) in [6, 6.07) is 0. The quantitative estimate of drug-likeness (QED) is 0.681. The van der Waals surface area contributed by atoms with Gasteiger partial charge in [0.05, 0.1) is 7.11 Å². The van der Waals surface area contributed by atoms with Crippen molar-refractivity contribution in [3.05, 3.63) is 29.5 Å². The minimum Gasteiger partial charge on any atom is -0.480 e. The fraction of sp³-hybridized carbons (Fsp3) is 0.364. The summed E-state index contributed by atoms with van der Waals surface area (Å²) >= 11 is 1.59. The predicted molar refractivity (Wildman–Crippen MR) is 69.3 cm³/mol. The summed E-state index contributed by atoms with van der Waals surface area (Å²) in [5, 5.41) is 8.89. The normalized spacial score (nSPS) is 11.2. The van der Waals surface area contributed by atoms with Gasteiger partial charge in [0.1, 0.15) is 5.69 Å². The maximum atomic E-state index is 5.29. The highest BCUT2D eigenvalue weighted by molar-refractivity contribution is 7.15. The number of ether oxygens (including phenoxy) is 1. The Labute approximate surface area is 113 Å². The molecule has 7 nitrogen and oxygen atoms in total. The Morgan fingerprint density at radius 3 is 3.26 bits per heavy atom. The van der Waals surface area contributed by atoms with Crippen molar-refractivity contribution in [3.63, 3.8) is 0 Å². The van der Waals surface area contributed by atoms with E-state index in [1.54, 1.807) is 18.4 Å². The van der Waals surface area contributed by atoms with E-state index in [2.05, 4.69) is 20.4 Å². The zero-order chi connectivity index (χ0) is 13.1. The van der Waals surface area contributed by atoms with Gasteiger partial charge in [-0.15, -0.1) is 11.3 Å². The molecule has 8 heteroatoms. The second kappa shape index (κ2) is 5.37. The first-order valence-electron chi connectivity index (χ1n) is 5.83. The molecule has 0 amide bonds. The first-order valence-corrected chi connectivity index (χ1v) is 6.71. The van der Waals surface area contributed by atoms with E-state index in [-0.39, 0.29) is 0 Å². The number of rotatable bonds is 6. The summed E-state index contributed by atoms with van der Waals surface area (Å²) < 4.78 is 12.2. The predicted octanol–water partition coefficient (Wildman–Crippen LogP) is 1.12. The van der Waals surface area contributed by atoms with Crippen molar-refractivity contribution in [1.82, 2.24) is 24.8 Å². The maximum absolute atomic E-state index is 5.29. The van der Waals surface area contributed by atoms with E-state index in [0.717, 1.165) is 17.2 Å². The molecule has 0 saturated carbocycles. The zero-order valence-electron chi connectivity index (χ0n) is 10.4. The first kappa shape index (κ1) is 12.1. The van der Waals surface area contributed by atoms with E-state index >= 15 is 0 Å². The molecular formula is C11H13N5O2S. The van der Waals surface area contributed by atoms with Crippen molar-refractivity contribution in [1.29, 1.82) is 0 Å². The lowest BCUT2D eigenvalue weighted by atomic mass is 10.4. The van der Waals surface area contributed by atoms with Crippen LogP contribution in [-0.4, -0.2) is 33.2 Å². The molecule has 19 heavy (non-hydrogen) atoms. The lowest BCUT2D eigenvalue weighted by molar-refractivity contribution is 0.373. The summed E-state index contributed by atoms with van der Waals surface area (Å²) in [6.07, 6.45) is 4.10. The SMILES string of the molecule is COc1nc2sccn2c1CNCCc1ncno1. The third-order valence-corrected chi connectivity index (χ3v) is 3.49. The van der Waals surface area contributed by atoms with Gasteiger partial charge in [-0.25, -0.2) is 0 Å². The first-order chi connectivity index (χ1) is 9.38. The lowest BCUT2D eigenvalue weighted by Gasteiger charge is -2.04. The molecule has 3 aromatic heterocycles. The molecule has 1 N–H and O–H groups in total. The topological polar surface area (TPSA) is 77.5 Å². The number of imidazole rings is 1. The Hall–Kier alpha value is -1.93. The van der Waals surface area contributed by atoms with Crippen molar-refractivity contribution in [3.8, 4) is 5.88 Å². The molecule has 0 atom stereocenters. The number of fused-ring (bicyclic) bond motifs is 1. The fourth-order valence-electron chi connectivity index (χ4n) is 1.85. The van der Waals surface area contributed by atoms with Crippen molar-refractivity contribution < 1.29 is 9.26 Å². The Bertz CT molecular complexity index is 645. The molecule has 3 rings (SSSR count). The van der Waals surface area contributed by atoms with Crippen LogP contribution in [0.15, 0.2) is 22.4 Å². The van der Waals surface area contributed by atoms with E-state index in [1.165, 1.54) is 6.33 Å². The lowest BCUT2D eigenvalue weighted by Crippen LogP contribution is -2.18. The standard InChI is InChI=1S/C11H13N5O2S/c1-17-10-8(16-4-5-19-11(16)15-10)6-12-3-2-9-13-7-14-18-9/h4-5,7,12H,2-3,6H2,1H3. The summed E-state index contributed by atoms with van der Waals surface area (Å²) in [6.45, 7) is 1.43. The average Bonchev–Trinajstić information content (AvgIpc) is 3.12. The van der Waals surface area contributed by atoms with E-state index < -0.39 is 0 Å². The molecule has 100 valence electrons. The number of hydrogen-bond donors (Lipinski definition) is 1. The molecule has 0 unspecified atom stereocenters. The molecule has 0 aromatic carbocycles. The van der Waals surface area contributed by atoms with E-state index in [4.69, 9.17) is 9.26 Å². The van der Waals surface area contributed by atoms with E-state index in [9.17, 15) is 0 Å². The van der Waals surface area contributed by atoms with Crippen molar-refractivity contribution in [2.75, 3.05) is 13.7 Å². The van der Waals surface area contributed by atoms with Gasteiger partial charge in [0.15, 0.2) is 11.3 Å². The van der Waals surface area contributed by atoms with Crippen LogP contribution in [0.3, 0.4) is 0 Å². The number of thiazole rings is 1. The smallest absolute Gasteiger partial charge is 0.237 e. The van der Waals surface area contributed by atoms with Crippen LogP contribution >= 0.6 is 11.3 Å². The molecule has 0 aliphatic heterocycles. The third-order valence-electron chi connectivity index (χ3n) is 2.73. The number of nitrogens with zero attached hydrogens (tertiary/aromatic N) is 4. The van der Waals surface area contributed by atoms with Crippen LogP contribution in [0.5, 0.6) is 5.88 Å². The Balaban J connectivity index is 1.62. The molecule has 0 bridgehead atoms. The largest absolute Gasteiger partial charge is 0.480 e. The summed E-state index contributed by atoms with van der Waals surface area (Å²) in [7, 11) is 1.63. The molecule has 0 aliphatic carbocycles. The van der Waals surface area contributed by atoms with Gasteiger partial charge < -0.3 is 14.6 Å². The minimum absolute atomic E-state index is 0.633. The van der Waals surface area contributed by atoms with Gasteiger partial charge >= 0.3 is 0 Å². The molecule has 0 aliphatic rings. The number of hydrogen-bond acceptors (Lipinski definition) is 7. The molecule has 3 aromatic rings. The third kappa shape index (κ3) is 2.45. The zero-order valence-corrected chi connectivity index (χ0v) is 11.2. The van der Waals surface area contributed by atoms with Crippen molar-refractivity contribution in [2.24, 2.45) is 0 Å². The van der Waals surface area contributed by atoms with E-state index in [0.29, 0.717) is 24.7 Å². The monoisotopic (exact) mass is 279 g/mol.